The average Bonchev–Trinajstić information content (AvgIpc) is 2.19. The highest BCUT2D eigenvalue weighted by Gasteiger charge is 2.06. The van der Waals surface area contributed by atoms with Gasteiger partial charge in [0, 0.05) is 24.2 Å². The van der Waals surface area contributed by atoms with E-state index in [0.717, 1.165) is 0 Å². The molecule has 1 aromatic rings. The van der Waals surface area contributed by atoms with Crippen LogP contribution in [0.3, 0.4) is 0 Å². The monoisotopic (exact) mass is 221 g/mol. The number of anilines is 1. The van der Waals surface area contributed by atoms with Crippen LogP contribution in [-0.4, -0.2) is 10.8 Å². The quantitative estimate of drug-likeness (QED) is 0.449. The van der Waals surface area contributed by atoms with E-state index in [1.54, 1.807) is 12.2 Å². The molecule has 0 saturated heterocycles. The highest BCUT2D eigenvalue weighted by Crippen LogP contribution is 2.20. The number of benzene rings is 1. The maximum Gasteiger partial charge on any atom is 0.271 e. The van der Waals surface area contributed by atoms with Crippen molar-refractivity contribution in [3.63, 3.8) is 0 Å². The first kappa shape index (κ1) is 11.7. The molecular weight excluding hydrogens is 210 g/mol. The lowest BCUT2D eigenvalue weighted by molar-refractivity contribution is -0.384. The lowest BCUT2D eigenvalue weighted by Crippen LogP contribution is -2.07. The molecule has 0 unspecified atom stereocenters. The van der Waals surface area contributed by atoms with Gasteiger partial charge in [0.25, 0.3) is 5.69 Å². The Morgan fingerprint density at radius 3 is 2.69 bits per heavy atom. The van der Waals surface area contributed by atoms with E-state index in [9.17, 15) is 14.9 Å². The van der Waals surface area contributed by atoms with Crippen molar-refractivity contribution in [2.45, 2.75) is 6.42 Å². The van der Waals surface area contributed by atoms with Crippen molar-refractivity contribution in [3.8, 4) is 0 Å². The number of nitrogens with zero attached hydrogens (tertiary/aromatic N) is 1. The maximum atomic E-state index is 10.5. The molecule has 0 aliphatic heterocycles. The number of nitrogen functional groups attached to an aromatic ring is 1. The highest BCUT2D eigenvalue weighted by atomic mass is 16.6. The number of non-ortho nitro benzene ring substituents is 1. The number of hydrogen-bond donors (Lipinski definition) is 2. The Morgan fingerprint density at radius 1 is 1.50 bits per heavy atom. The molecule has 6 nitrogen and oxygen atoms in total. The van der Waals surface area contributed by atoms with E-state index in [2.05, 4.69) is 0 Å². The van der Waals surface area contributed by atoms with Gasteiger partial charge in [-0.15, -0.1) is 0 Å². The third-order valence-electron chi connectivity index (χ3n) is 1.90. The molecule has 6 heteroatoms. The minimum absolute atomic E-state index is 0.0652. The number of amides is 1. The molecular formula is C10H11N3O3. The van der Waals surface area contributed by atoms with Crippen molar-refractivity contribution in [1.29, 1.82) is 0 Å². The Morgan fingerprint density at radius 2 is 2.19 bits per heavy atom. The van der Waals surface area contributed by atoms with E-state index in [4.69, 9.17) is 11.5 Å². The number of carbonyl (C=O) groups is 1. The fourth-order valence-electron chi connectivity index (χ4n) is 1.13. The summed E-state index contributed by atoms with van der Waals surface area (Å²) < 4.78 is 0. The van der Waals surface area contributed by atoms with Gasteiger partial charge in [0.2, 0.25) is 5.91 Å². The lowest BCUT2D eigenvalue weighted by Gasteiger charge is -1.99. The molecule has 1 amide bonds. The molecule has 0 spiro atoms. The van der Waals surface area contributed by atoms with Crippen LogP contribution >= 0.6 is 0 Å². The highest BCUT2D eigenvalue weighted by molar-refractivity contribution is 5.77. The van der Waals surface area contributed by atoms with Crippen LogP contribution in [0.25, 0.3) is 6.08 Å². The van der Waals surface area contributed by atoms with Crippen LogP contribution in [0.1, 0.15) is 12.0 Å². The summed E-state index contributed by atoms with van der Waals surface area (Å²) in [4.78, 5) is 20.4. The third kappa shape index (κ3) is 3.09. The number of carbonyl (C=O) groups excluding carboxylic acids is 1. The van der Waals surface area contributed by atoms with Gasteiger partial charge in [-0.1, -0.05) is 12.2 Å². The van der Waals surface area contributed by atoms with Gasteiger partial charge in [-0.05, 0) is 11.6 Å². The zero-order valence-electron chi connectivity index (χ0n) is 8.42. The SMILES string of the molecule is NC(=O)CC=Cc1ccc([N+](=O)[O-])cc1N. The number of nitro groups is 1. The molecule has 0 aliphatic rings. The third-order valence-corrected chi connectivity index (χ3v) is 1.90. The van der Waals surface area contributed by atoms with Crippen LogP contribution in [-0.2, 0) is 4.79 Å². The smallest absolute Gasteiger partial charge is 0.271 e. The summed E-state index contributed by atoms with van der Waals surface area (Å²) in [6.07, 6.45) is 3.26. The van der Waals surface area contributed by atoms with Crippen LogP contribution in [0, 0.1) is 10.1 Å². The van der Waals surface area contributed by atoms with Crippen molar-refractivity contribution in [2.75, 3.05) is 5.73 Å². The summed E-state index contributed by atoms with van der Waals surface area (Å²) in [5.41, 5.74) is 11.4. The molecule has 0 radical (unpaired) electrons. The minimum atomic E-state index is -0.521. The Bertz CT molecular complexity index is 455. The predicted octanol–water partition coefficient (Wildman–Crippen LogP) is 1.07. The topological polar surface area (TPSA) is 112 Å². The second-order valence-corrected chi connectivity index (χ2v) is 3.14. The standard InChI is InChI=1S/C10H11N3O3/c11-9-6-8(13(15)16)5-4-7(9)2-1-3-10(12)14/h1-2,4-6H,3,11H2,(H2,12,14). The van der Waals surface area contributed by atoms with Crippen molar-refractivity contribution < 1.29 is 9.72 Å². The van der Waals surface area contributed by atoms with Crippen LogP contribution in [0.15, 0.2) is 24.3 Å². The van der Waals surface area contributed by atoms with Crippen molar-refractivity contribution >= 4 is 23.4 Å². The Labute approximate surface area is 91.7 Å². The van der Waals surface area contributed by atoms with Gasteiger partial charge in [-0.25, -0.2) is 0 Å². The molecule has 4 N–H and O–H groups in total. The number of nitrogens with two attached hydrogens (primary N) is 2. The van der Waals surface area contributed by atoms with E-state index in [1.807, 2.05) is 0 Å². The molecule has 0 aliphatic carbocycles. The molecule has 0 fully saturated rings. The van der Waals surface area contributed by atoms with Gasteiger partial charge >= 0.3 is 0 Å². The number of hydrogen-bond acceptors (Lipinski definition) is 4. The van der Waals surface area contributed by atoms with Gasteiger partial charge in [-0.3, -0.25) is 14.9 Å². The second kappa shape index (κ2) is 4.92. The van der Waals surface area contributed by atoms with Crippen LogP contribution in [0.2, 0.25) is 0 Å². The van der Waals surface area contributed by atoms with E-state index in [1.165, 1.54) is 18.2 Å². The molecule has 0 aromatic heterocycles. The van der Waals surface area contributed by atoms with Crippen LogP contribution in [0.4, 0.5) is 11.4 Å². The van der Waals surface area contributed by atoms with Gasteiger partial charge < -0.3 is 11.5 Å². The van der Waals surface area contributed by atoms with Crippen molar-refractivity contribution in [2.24, 2.45) is 5.73 Å². The average molecular weight is 221 g/mol. The molecule has 16 heavy (non-hydrogen) atoms. The Balaban J connectivity index is 2.87. The second-order valence-electron chi connectivity index (χ2n) is 3.14. The van der Waals surface area contributed by atoms with Gasteiger partial charge in [0.15, 0.2) is 0 Å². The maximum absolute atomic E-state index is 10.5. The zero-order chi connectivity index (χ0) is 12.1. The first-order valence-corrected chi connectivity index (χ1v) is 4.49. The van der Waals surface area contributed by atoms with Gasteiger partial charge in [-0.2, -0.15) is 0 Å². The first-order valence-electron chi connectivity index (χ1n) is 4.49. The predicted molar refractivity (Wildman–Crippen MR) is 60.4 cm³/mol. The first-order chi connectivity index (χ1) is 7.50. The van der Waals surface area contributed by atoms with Crippen LogP contribution < -0.4 is 11.5 Å². The van der Waals surface area contributed by atoms with E-state index in [-0.39, 0.29) is 17.8 Å². The van der Waals surface area contributed by atoms with Crippen molar-refractivity contribution in [3.05, 3.63) is 40.0 Å². The van der Waals surface area contributed by atoms with E-state index in [0.29, 0.717) is 5.56 Å². The number of primary amides is 1. The fraction of sp³-hybridized carbons (Fsp3) is 0.100. The Kier molecular flexibility index (Phi) is 3.60. The molecule has 0 atom stereocenters. The summed E-state index contributed by atoms with van der Waals surface area (Å²) in [5.74, 6) is -0.447. The number of nitro benzene ring substituents is 1. The molecule has 1 rings (SSSR count). The normalized spacial score (nSPS) is 10.5. The minimum Gasteiger partial charge on any atom is -0.398 e. The zero-order valence-corrected chi connectivity index (χ0v) is 8.42. The molecule has 0 saturated carbocycles. The summed E-state index contributed by atoms with van der Waals surface area (Å²) in [5, 5.41) is 10.4. The summed E-state index contributed by atoms with van der Waals surface area (Å²) in [7, 11) is 0. The van der Waals surface area contributed by atoms with Gasteiger partial charge in [0.05, 0.1) is 4.92 Å². The summed E-state index contributed by atoms with van der Waals surface area (Å²) >= 11 is 0. The van der Waals surface area contributed by atoms with Gasteiger partial charge in [0.1, 0.15) is 0 Å². The summed E-state index contributed by atoms with van der Waals surface area (Å²) in [6, 6.07) is 4.13. The summed E-state index contributed by atoms with van der Waals surface area (Å²) in [6.45, 7) is 0. The Hall–Kier alpha value is -2.37. The van der Waals surface area contributed by atoms with E-state index < -0.39 is 10.8 Å². The number of rotatable bonds is 4. The van der Waals surface area contributed by atoms with Crippen molar-refractivity contribution in [1.82, 2.24) is 0 Å². The fourth-order valence-corrected chi connectivity index (χ4v) is 1.13. The molecule has 0 bridgehead atoms. The molecule has 0 heterocycles. The largest absolute Gasteiger partial charge is 0.398 e. The van der Waals surface area contributed by atoms with E-state index >= 15 is 0 Å². The lowest BCUT2D eigenvalue weighted by atomic mass is 10.1. The van der Waals surface area contributed by atoms with Crippen LogP contribution in [0.5, 0.6) is 0 Å². The molecule has 84 valence electrons. The molecule has 1 aromatic carbocycles.